The molecule has 6 nitrogen and oxygen atoms in total. The van der Waals surface area contributed by atoms with Crippen LogP contribution >= 0.6 is 0 Å². The van der Waals surface area contributed by atoms with Crippen molar-refractivity contribution in [1.82, 2.24) is 9.80 Å². The molecule has 0 radical (unpaired) electrons. The van der Waals surface area contributed by atoms with Gasteiger partial charge in [0.25, 0.3) is 5.91 Å². The first kappa shape index (κ1) is 21.4. The topological polar surface area (TPSA) is 86.9 Å². The highest BCUT2D eigenvalue weighted by atomic mass is 16.3. The van der Waals surface area contributed by atoms with Crippen LogP contribution in [0.4, 0.5) is 0 Å². The van der Waals surface area contributed by atoms with Gasteiger partial charge in [0.05, 0.1) is 0 Å². The number of benzene rings is 2. The number of carbonyl (C=O) groups excluding carboxylic acids is 2. The molecule has 4 bridgehead atoms. The Kier molecular flexibility index (Phi) is 4.48. The van der Waals surface area contributed by atoms with Crippen molar-refractivity contribution in [3.63, 3.8) is 0 Å². The monoisotopic (exact) mass is 471 g/mol. The molecule has 2 aromatic carbocycles. The fourth-order valence-corrected chi connectivity index (χ4v) is 9.60. The summed E-state index contributed by atoms with van der Waals surface area (Å²) in [7, 11) is 0. The lowest BCUT2D eigenvalue weighted by Gasteiger charge is -2.66. The third-order valence-electron chi connectivity index (χ3n) is 10.5. The van der Waals surface area contributed by atoms with E-state index in [0.717, 1.165) is 57.3 Å². The number of hydrogen-bond acceptors (Lipinski definition) is 4. The van der Waals surface area contributed by atoms with Gasteiger partial charge in [0.1, 0.15) is 5.75 Å². The summed E-state index contributed by atoms with van der Waals surface area (Å²) >= 11 is 0. The first-order valence-electron chi connectivity index (χ1n) is 13.2. The largest absolute Gasteiger partial charge is 0.508 e. The van der Waals surface area contributed by atoms with Gasteiger partial charge in [-0.25, -0.2) is 0 Å². The number of phenolic OH excluding ortho intramolecular Hbond substituents is 1. The zero-order chi connectivity index (χ0) is 23.9. The molecule has 2 heterocycles. The summed E-state index contributed by atoms with van der Waals surface area (Å²) in [6, 6.07) is 16.3. The maximum Gasteiger partial charge on any atom is 0.254 e. The minimum atomic E-state index is -0.234. The second kappa shape index (κ2) is 7.33. The van der Waals surface area contributed by atoms with E-state index in [0.29, 0.717) is 30.0 Å². The summed E-state index contributed by atoms with van der Waals surface area (Å²) in [5.41, 5.74) is 9.12. The quantitative estimate of drug-likeness (QED) is 0.718. The van der Waals surface area contributed by atoms with Gasteiger partial charge in [-0.1, -0.05) is 24.3 Å². The van der Waals surface area contributed by atoms with E-state index < -0.39 is 0 Å². The van der Waals surface area contributed by atoms with Gasteiger partial charge < -0.3 is 15.7 Å². The number of likely N-dealkylation sites (tertiary alicyclic amines) is 2. The van der Waals surface area contributed by atoms with E-state index in [2.05, 4.69) is 15.9 Å². The number of nitrogens with zero attached hydrogens (tertiary/aromatic N) is 2. The van der Waals surface area contributed by atoms with E-state index in [1.165, 1.54) is 11.1 Å². The average molecular weight is 472 g/mol. The third-order valence-corrected chi connectivity index (χ3v) is 10.5. The fourth-order valence-electron chi connectivity index (χ4n) is 9.60. The predicted molar refractivity (Wildman–Crippen MR) is 132 cm³/mol. The highest BCUT2D eigenvalue weighted by Crippen LogP contribution is 2.75. The zero-order valence-electron chi connectivity index (χ0n) is 20.0. The minimum absolute atomic E-state index is 0.0213. The first-order valence-corrected chi connectivity index (χ1v) is 13.2. The molecule has 2 aromatic rings. The van der Waals surface area contributed by atoms with Crippen molar-refractivity contribution in [2.75, 3.05) is 19.6 Å². The van der Waals surface area contributed by atoms with Gasteiger partial charge in [-0.05, 0) is 91.3 Å². The van der Waals surface area contributed by atoms with E-state index in [1.54, 1.807) is 0 Å². The van der Waals surface area contributed by atoms with E-state index in [4.69, 9.17) is 5.73 Å². The molecule has 7 rings (SSSR count). The minimum Gasteiger partial charge on any atom is -0.508 e. The summed E-state index contributed by atoms with van der Waals surface area (Å²) in [6.45, 7) is 2.49. The number of aromatic hydroxyl groups is 1. The van der Waals surface area contributed by atoms with Crippen LogP contribution in [0.25, 0.3) is 0 Å². The maximum absolute atomic E-state index is 13.6. The van der Waals surface area contributed by atoms with Crippen LogP contribution in [-0.2, 0) is 16.6 Å². The van der Waals surface area contributed by atoms with Gasteiger partial charge >= 0.3 is 0 Å². The molecule has 0 aromatic heterocycles. The van der Waals surface area contributed by atoms with Crippen molar-refractivity contribution in [3.8, 4) is 5.75 Å². The molecule has 35 heavy (non-hydrogen) atoms. The maximum atomic E-state index is 13.6. The van der Waals surface area contributed by atoms with Crippen LogP contribution in [0.2, 0.25) is 0 Å². The summed E-state index contributed by atoms with van der Waals surface area (Å²) < 4.78 is 0. The van der Waals surface area contributed by atoms with Gasteiger partial charge in [-0.3, -0.25) is 14.5 Å². The Balaban J connectivity index is 1.33. The Labute approximate surface area is 206 Å². The average Bonchev–Trinajstić information content (AvgIpc) is 3.30. The van der Waals surface area contributed by atoms with E-state index in [1.807, 2.05) is 42.5 Å². The molecule has 2 saturated carbocycles. The number of hydrogen-bond donors (Lipinski definition) is 2. The number of rotatable bonds is 4. The molecular formula is C29H33N3O3. The van der Waals surface area contributed by atoms with Crippen LogP contribution < -0.4 is 5.73 Å². The van der Waals surface area contributed by atoms with Crippen molar-refractivity contribution >= 4 is 11.8 Å². The summed E-state index contributed by atoms with van der Waals surface area (Å²) in [5.74, 6) is 1.17. The molecule has 2 aliphatic heterocycles. The standard InChI is InChI=1S/C29H33N3O3/c30-25(34)9-12-31-13-11-29-22-15-21(33)7-6-19(22)14-24(31)28(29)10-8-23-26(29)20(16-28)17-32(23)27(35)18-4-2-1-3-5-18/h1-7,15,20,23-24,26,33H,8-14,16-17H2,(H2,30,34)/t20-,23?,24-,26?,28-,29+/m1/s1. The molecule has 182 valence electrons. The molecule has 3 aliphatic carbocycles. The number of primary amides is 1. The summed E-state index contributed by atoms with van der Waals surface area (Å²) in [6.07, 6.45) is 5.64. The van der Waals surface area contributed by atoms with Gasteiger partial charge in [-0.2, -0.15) is 0 Å². The van der Waals surface area contributed by atoms with Crippen molar-refractivity contribution < 1.29 is 14.7 Å². The van der Waals surface area contributed by atoms with E-state index in [-0.39, 0.29) is 28.7 Å². The Hall–Kier alpha value is -2.86. The number of fused-ring (bicyclic) bond motifs is 1. The molecule has 2 amide bonds. The zero-order valence-corrected chi connectivity index (χ0v) is 20.0. The Morgan fingerprint density at radius 1 is 1.11 bits per heavy atom. The molecule has 6 heteroatoms. The SMILES string of the molecule is NC(=O)CCN1CC[C@@]23c4cc(O)ccc4C[C@@H]1[C@]21CCC2C3[C@@H](CN2C(=O)c2ccccc2)C1. The van der Waals surface area contributed by atoms with Crippen molar-refractivity contribution in [2.45, 2.75) is 56.0 Å². The van der Waals surface area contributed by atoms with Crippen LogP contribution in [-0.4, -0.2) is 58.4 Å². The van der Waals surface area contributed by atoms with Gasteiger partial charge in [-0.15, -0.1) is 0 Å². The Bertz CT molecular complexity index is 1210. The fraction of sp³-hybridized carbons (Fsp3) is 0.517. The van der Waals surface area contributed by atoms with Gasteiger partial charge in [0, 0.05) is 42.6 Å². The van der Waals surface area contributed by atoms with E-state index in [9.17, 15) is 14.7 Å². The third kappa shape index (κ3) is 2.69. The van der Waals surface area contributed by atoms with E-state index >= 15 is 0 Å². The smallest absolute Gasteiger partial charge is 0.254 e. The van der Waals surface area contributed by atoms with Crippen molar-refractivity contribution in [1.29, 1.82) is 0 Å². The molecule has 2 saturated heterocycles. The van der Waals surface area contributed by atoms with Crippen LogP contribution in [0, 0.1) is 17.3 Å². The summed E-state index contributed by atoms with van der Waals surface area (Å²) in [5, 5.41) is 10.6. The number of nitrogens with two attached hydrogens (primary N) is 1. The number of amides is 2. The second-order valence-electron chi connectivity index (χ2n) is 11.6. The van der Waals surface area contributed by atoms with Crippen LogP contribution in [0.5, 0.6) is 5.75 Å². The molecule has 2 unspecified atom stereocenters. The highest BCUT2D eigenvalue weighted by Gasteiger charge is 2.76. The number of carbonyl (C=O) groups is 2. The predicted octanol–water partition coefficient (Wildman–Crippen LogP) is 3.08. The molecule has 0 spiro atoms. The lowest BCUT2D eigenvalue weighted by atomic mass is 9.43. The van der Waals surface area contributed by atoms with Crippen molar-refractivity contribution in [3.05, 3.63) is 65.2 Å². The molecule has 3 N–H and O–H groups in total. The normalized spacial score (nSPS) is 36.5. The molecular weight excluding hydrogens is 438 g/mol. The highest BCUT2D eigenvalue weighted by molar-refractivity contribution is 5.94. The number of phenols is 1. The second-order valence-corrected chi connectivity index (χ2v) is 11.6. The van der Waals surface area contributed by atoms with Crippen molar-refractivity contribution in [2.24, 2.45) is 23.0 Å². The first-order chi connectivity index (χ1) is 16.9. The van der Waals surface area contributed by atoms with Crippen LogP contribution in [0.15, 0.2) is 48.5 Å². The van der Waals surface area contributed by atoms with Gasteiger partial charge in [0.15, 0.2) is 0 Å². The molecule has 6 atom stereocenters. The number of piperidine rings is 1. The molecule has 5 aliphatic rings. The Morgan fingerprint density at radius 2 is 1.94 bits per heavy atom. The van der Waals surface area contributed by atoms with Gasteiger partial charge in [0.2, 0.25) is 5.91 Å². The molecule has 4 fully saturated rings. The van der Waals surface area contributed by atoms with Crippen LogP contribution in [0.3, 0.4) is 0 Å². The lowest BCUT2D eigenvalue weighted by Crippen LogP contribution is -2.69. The van der Waals surface area contributed by atoms with Crippen LogP contribution in [0.1, 0.15) is 53.6 Å². The summed E-state index contributed by atoms with van der Waals surface area (Å²) in [4.78, 5) is 30.0. The lowest BCUT2D eigenvalue weighted by molar-refractivity contribution is -0.121. The Morgan fingerprint density at radius 3 is 2.74 bits per heavy atom.